The van der Waals surface area contributed by atoms with Crippen LogP contribution in [0.15, 0.2) is 88.7 Å². The first kappa shape index (κ1) is 29.5. The number of hydrogen-bond donors (Lipinski definition) is 2. The number of benzene rings is 3. The zero-order valence-electron chi connectivity index (χ0n) is 22.5. The molecular weight excluding hydrogens is 554 g/mol. The van der Waals surface area contributed by atoms with E-state index in [1.54, 1.807) is 43.3 Å². The minimum Gasteiger partial charge on any atom is -0.486 e. The maximum Gasteiger partial charge on any atom is 0.262 e. The highest BCUT2D eigenvalue weighted by Gasteiger charge is 2.36. The van der Waals surface area contributed by atoms with Crippen LogP contribution in [-0.2, 0) is 20.0 Å². The van der Waals surface area contributed by atoms with Gasteiger partial charge in [0.1, 0.15) is 6.10 Å². The molecule has 0 aromatic heterocycles. The van der Waals surface area contributed by atoms with Gasteiger partial charge in [-0.25, -0.2) is 16.8 Å². The molecule has 0 saturated heterocycles. The Labute approximate surface area is 235 Å². The van der Waals surface area contributed by atoms with Gasteiger partial charge < -0.3 is 14.7 Å². The molecule has 0 unspecified atom stereocenters. The first-order valence-electron chi connectivity index (χ1n) is 12.8. The highest BCUT2D eigenvalue weighted by molar-refractivity contribution is 7.92. The van der Waals surface area contributed by atoms with E-state index in [0.29, 0.717) is 0 Å². The molecule has 0 bridgehead atoms. The van der Waals surface area contributed by atoms with Gasteiger partial charge in [0.05, 0.1) is 40.2 Å². The summed E-state index contributed by atoms with van der Waals surface area (Å²) in [6.07, 6.45) is -0.772. The van der Waals surface area contributed by atoms with Crippen molar-refractivity contribution < 1.29 is 31.5 Å². The van der Waals surface area contributed by atoms with Gasteiger partial charge in [-0.3, -0.25) is 9.52 Å². The summed E-state index contributed by atoms with van der Waals surface area (Å²) in [6.45, 7) is 3.34. The van der Waals surface area contributed by atoms with Gasteiger partial charge in [0.2, 0.25) is 10.0 Å². The lowest BCUT2D eigenvalue weighted by molar-refractivity contribution is 0.0389. The Bertz CT molecular complexity index is 1550. The zero-order chi connectivity index (χ0) is 29.1. The lowest BCUT2D eigenvalue weighted by Gasteiger charge is -2.38. The number of anilines is 1. The number of sulfonamides is 2. The Hall–Kier alpha value is -3.45. The van der Waals surface area contributed by atoms with Crippen LogP contribution in [0.5, 0.6) is 5.75 Å². The summed E-state index contributed by atoms with van der Waals surface area (Å²) >= 11 is 0. The van der Waals surface area contributed by atoms with Crippen LogP contribution in [0.1, 0.15) is 24.2 Å². The van der Waals surface area contributed by atoms with Gasteiger partial charge in [0, 0.05) is 19.5 Å². The number of nitrogens with one attached hydrogen (secondary N) is 1. The summed E-state index contributed by atoms with van der Waals surface area (Å²) in [6, 6.07) is 19.8. The molecule has 10 nitrogen and oxygen atoms in total. The fraction of sp³-hybridized carbons (Fsp3) is 0.321. The van der Waals surface area contributed by atoms with Crippen LogP contribution < -0.4 is 9.46 Å². The Morgan fingerprint density at radius 1 is 0.975 bits per heavy atom. The Balaban J connectivity index is 1.76. The van der Waals surface area contributed by atoms with Gasteiger partial charge in [-0.2, -0.15) is 4.31 Å². The Morgan fingerprint density at radius 2 is 1.57 bits per heavy atom. The number of likely N-dealkylation sites (N-methyl/N-ethyl adjacent to an activating group) is 1. The SMILES string of the molecule is C[C@H]1CN([C@@H](C)CO)C(=O)c2cccc(NS(=O)(=O)c3ccccc3)c2O[C@H]1CN(C)S(=O)(=O)c1ccccc1. The number of carbonyl (C=O) groups is 1. The number of rotatable bonds is 9. The number of carbonyl (C=O) groups excluding carboxylic acids is 1. The maximum absolute atomic E-state index is 13.6. The van der Waals surface area contributed by atoms with Gasteiger partial charge in [0.15, 0.2) is 5.75 Å². The molecule has 12 heteroatoms. The van der Waals surface area contributed by atoms with Crippen molar-refractivity contribution in [1.82, 2.24) is 9.21 Å². The number of amides is 1. The molecule has 0 spiro atoms. The first-order valence-corrected chi connectivity index (χ1v) is 15.7. The standard InChI is InChI=1S/C28H33N3O7S2/c1-20-17-31(21(2)19-32)28(33)24-15-10-16-25(29-39(34,35)22-11-6-4-7-12-22)27(24)38-26(20)18-30(3)40(36,37)23-13-8-5-9-14-23/h4-16,20-21,26,29,32H,17-19H2,1-3H3/t20-,21-,26-/m0/s1. The number of para-hydroxylation sites is 1. The van der Waals surface area contributed by atoms with Gasteiger partial charge in [0.25, 0.3) is 15.9 Å². The minimum absolute atomic E-state index is 0.01000. The van der Waals surface area contributed by atoms with Crippen molar-refractivity contribution >= 4 is 31.6 Å². The first-order chi connectivity index (χ1) is 19.0. The molecule has 0 radical (unpaired) electrons. The van der Waals surface area contributed by atoms with Crippen LogP contribution in [0, 0.1) is 5.92 Å². The van der Waals surface area contributed by atoms with Crippen molar-refractivity contribution in [3.8, 4) is 5.75 Å². The summed E-state index contributed by atoms with van der Waals surface area (Å²) in [4.78, 5) is 15.3. The maximum atomic E-state index is 13.6. The smallest absolute Gasteiger partial charge is 0.262 e. The second kappa shape index (κ2) is 12.0. The molecule has 40 heavy (non-hydrogen) atoms. The lowest BCUT2D eigenvalue weighted by Crippen LogP contribution is -2.50. The van der Waals surface area contributed by atoms with Crippen molar-refractivity contribution in [1.29, 1.82) is 0 Å². The zero-order valence-corrected chi connectivity index (χ0v) is 24.1. The molecule has 0 fully saturated rings. The number of ether oxygens (including phenoxy) is 1. The Kier molecular flexibility index (Phi) is 8.83. The van der Waals surface area contributed by atoms with E-state index in [9.17, 15) is 26.7 Å². The van der Waals surface area contributed by atoms with Crippen LogP contribution in [0.2, 0.25) is 0 Å². The molecule has 214 valence electrons. The molecule has 1 aliphatic heterocycles. The average molecular weight is 588 g/mol. The monoisotopic (exact) mass is 587 g/mol. The van der Waals surface area contributed by atoms with Crippen LogP contribution in [0.4, 0.5) is 5.69 Å². The third-order valence-corrected chi connectivity index (χ3v) is 10.1. The molecule has 1 heterocycles. The van der Waals surface area contributed by atoms with Crippen LogP contribution in [0.3, 0.4) is 0 Å². The molecule has 2 N–H and O–H groups in total. The topological polar surface area (TPSA) is 133 Å². The molecule has 4 rings (SSSR count). The van der Waals surface area contributed by atoms with E-state index in [2.05, 4.69) is 4.72 Å². The van der Waals surface area contributed by atoms with E-state index < -0.39 is 44.0 Å². The molecule has 0 aliphatic carbocycles. The third kappa shape index (κ3) is 6.15. The Morgan fingerprint density at radius 3 is 2.17 bits per heavy atom. The van der Waals surface area contributed by atoms with E-state index in [1.807, 2.05) is 6.92 Å². The van der Waals surface area contributed by atoms with Gasteiger partial charge >= 0.3 is 0 Å². The second-order valence-corrected chi connectivity index (χ2v) is 13.5. The molecule has 3 atom stereocenters. The summed E-state index contributed by atoms with van der Waals surface area (Å²) in [7, 11) is -6.45. The third-order valence-electron chi connectivity index (χ3n) is 6.88. The molecule has 1 amide bonds. The minimum atomic E-state index is -4.03. The molecule has 0 saturated carbocycles. The fourth-order valence-electron chi connectivity index (χ4n) is 4.47. The van der Waals surface area contributed by atoms with E-state index in [4.69, 9.17) is 4.74 Å². The molecule has 3 aromatic carbocycles. The number of nitrogens with zero attached hydrogens (tertiary/aromatic N) is 2. The quantitative estimate of drug-likeness (QED) is 0.393. The second-order valence-electron chi connectivity index (χ2n) is 9.82. The average Bonchev–Trinajstić information content (AvgIpc) is 2.95. The number of aliphatic hydroxyl groups is 1. The fourth-order valence-corrected chi connectivity index (χ4v) is 6.76. The van der Waals surface area contributed by atoms with Crippen LogP contribution >= 0.6 is 0 Å². The van der Waals surface area contributed by atoms with Crippen molar-refractivity contribution in [2.24, 2.45) is 5.92 Å². The van der Waals surface area contributed by atoms with Crippen molar-refractivity contribution in [2.45, 2.75) is 35.8 Å². The predicted molar refractivity (Wildman–Crippen MR) is 151 cm³/mol. The van der Waals surface area contributed by atoms with Crippen molar-refractivity contribution in [3.05, 3.63) is 84.4 Å². The predicted octanol–water partition coefficient (Wildman–Crippen LogP) is 3.03. The van der Waals surface area contributed by atoms with E-state index in [0.717, 1.165) is 0 Å². The highest BCUT2D eigenvalue weighted by atomic mass is 32.2. The van der Waals surface area contributed by atoms with E-state index in [1.165, 1.54) is 58.7 Å². The van der Waals surface area contributed by atoms with E-state index in [-0.39, 0.29) is 46.5 Å². The number of aliphatic hydroxyl groups excluding tert-OH is 1. The normalized spacial score (nSPS) is 18.8. The number of hydrogen-bond acceptors (Lipinski definition) is 7. The van der Waals surface area contributed by atoms with Gasteiger partial charge in [-0.05, 0) is 43.3 Å². The summed E-state index contributed by atoms with van der Waals surface area (Å²) in [5.74, 6) is -0.838. The van der Waals surface area contributed by atoms with Crippen LogP contribution in [0.25, 0.3) is 0 Å². The molecular formula is C28H33N3O7S2. The van der Waals surface area contributed by atoms with Crippen LogP contribution in [-0.4, -0.2) is 75.9 Å². The van der Waals surface area contributed by atoms with Crippen molar-refractivity contribution in [2.75, 3.05) is 31.5 Å². The summed E-state index contributed by atoms with van der Waals surface area (Å²) < 4.78 is 63.0. The molecule has 1 aliphatic rings. The highest BCUT2D eigenvalue weighted by Crippen LogP contribution is 2.36. The van der Waals surface area contributed by atoms with Crippen molar-refractivity contribution in [3.63, 3.8) is 0 Å². The van der Waals surface area contributed by atoms with Gasteiger partial charge in [-0.15, -0.1) is 0 Å². The largest absolute Gasteiger partial charge is 0.486 e. The summed E-state index contributed by atoms with van der Waals surface area (Å²) in [5, 5.41) is 9.87. The van der Waals surface area contributed by atoms with E-state index >= 15 is 0 Å². The number of fused-ring (bicyclic) bond motifs is 1. The van der Waals surface area contributed by atoms with Gasteiger partial charge in [-0.1, -0.05) is 49.4 Å². The molecule has 3 aromatic rings. The lowest BCUT2D eigenvalue weighted by atomic mass is 9.99. The summed E-state index contributed by atoms with van der Waals surface area (Å²) in [5.41, 5.74) is 0.137.